The molecule has 0 heterocycles. The Morgan fingerprint density at radius 3 is 2.80 bits per heavy atom. The summed E-state index contributed by atoms with van der Waals surface area (Å²) in [6, 6.07) is 12.1. The van der Waals surface area contributed by atoms with Crippen LogP contribution in [0.15, 0.2) is 47.6 Å². The molecule has 4 nitrogen and oxygen atoms in total. The van der Waals surface area contributed by atoms with E-state index in [9.17, 15) is 4.39 Å². The fourth-order valence-electron chi connectivity index (χ4n) is 1.94. The van der Waals surface area contributed by atoms with Gasteiger partial charge < -0.3 is 16.3 Å². The maximum absolute atomic E-state index is 13.3. The zero-order valence-electron chi connectivity index (χ0n) is 11.1. The molecule has 20 heavy (non-hydrogen) atoms. The van der Waals surface area contributed by atoms with E-state index in [1.807, 2.05) is 31.2 Å². The van der Waals surface area contributed by atoms with E-state index in [2.05, 4.69) is 10.5 Å². The van der Waals surface area contributed by atoms with Crippen molar-refractivity contribution in [1.29, 1.82) is 0 Å². The molecule has 0 aliphatic heterocycles. The number of nitrogens with zero attached hydrogens (tertiary/aromatic N) is 1. The lowest BCUT2D eigenvalue weighted by molar-refractivity contribution is 0.318. The average molecular weight is 273 g/mol. The monoisotopic (exact) mass is 273 g/mol. The van der Waals surface area contributed by atoms with E-state index in [0.29, 0.717) is 12.1 Å². The predicted octanol–water partition coefficient (Wildman–Crippen LogP) is 2.84. The number of hydrogen-bond donors (Lipinski definition) is 3. The molecule has 104 valence electrons. The van der Waals surface area contributed by atoms with Gasteiger partial charge >= 0.3 is 0 Å². The lowest BCUT2D eigenvalue weighted by Gasteiger charge is -2.09. The van der Waals surface area contributed by atoms with Gasteiger partial charge in [0.15, 0.2) is 5.84 Å². The van der Waals surface area contributed by atoms with Gasteiger partial charge in [0.1, 0.15) is 5.82 Å². The summed E-state index contributed by atoms with van der Waals surface area (Å²) in [4.78, 5) is 0. The van der Waals surface area contributed by atoms with E-state index in [-0.39, 0.29) is 11.7 Å². The number of anilines is 1. The molecular weight excluding hydrogens is 257 g/mol. The summed E-state index contributed by atoms with van der Waals surface area (Å²) in [6.07, 6.45) is 0. The minimum Gasteiger partial charge on any atom is -0.409 e. The molecule has 0 amide bonds. The third-order valence-corrected chi connectivity index (χ3v) is 2.87. The second-order valence-corrected chi connectivity index (χ2v) is 4.56. The highest BCUT2D eigenvalue weighted by Crippen LogP contribution is 2.15. The summed E-state index contributed by atoms with van der Waals surface area (Å²) in [6.45, 7) is 2.36. The van der Waals surface area contributed by atoms with Crippen LogP contribution in [0, 0.1) is 12.7 Å². The summed E-state index contributed by atoms with van der Waals surface area (Å²) < 4.78 is 13.3. The quantitative estimate of drug-likeness (QED) is 0.347. The van der Waals surface area contributed by atoms with Gasteiger partial charge in [-0.2, -0.15) is 0 Å². The van der Waals surface area contributed by atoms with Crippen molar-refractivity contribution >= 4 is 11.5 Å². The number of aryl methyl sites for hydroxylation is 1. The lowest BCUT2D eigenvalue weighted by atomic mass is 10.1. The van der Waals surface area contributed by atoms with E-state index in [1.54, 1.807) is 6.07 Å². The Bertz CT molecular complexity index is 621. The lowest BCUT2D eigenvalue weighted by Crippen LogP contribution is -2.13. The fourth-order valence-corrected chi connectivity index (χ4v) is 1.94. The number of rotatable bonds is 4. The molecule has 5 heteroatoms. The van der Waals surface area contributed by atoms with E-state index >= 15 is 0 Å². The van der Waals surface area contributed by atoms with E-state index in [4.69, 9.17) is 10.9 Å². The largest absolute Gasteiger partial charge is 0.409 e. The molecule has 2 aromatic carbocycles. The van der Waals surface area contributed by atoms with Gasteiger partial charge in [-0.25, -0.2) is 4.39 Å². The molecular formula is C15H16FN3O. The van der Waals surface area contributed by atoms with Gasteiger partial charge in [-0.1, -0.05) is 23.4 Å². The molecule has 0 saturated carbocycles. The first-order valence-electron chi connectivity index (χ1n) is 6.16. The highest BCUT2D eigenvalue weighted by molar-refractivity contribution is 5.97. The number of nitrogens with one attached hydrogen (secondary N) is 1. The second kappa shape index (κ2) is 6.06. The Balaban J connectivity index is 2.11. The van der Waals surface area contributed by atoms with Crippen LogP contribution in [-0.4, -0.2) is 11.0 Å². The van der Waals surface area contributed by atoms with Crippen molar-refractivity contribution in [3.05, 3.63) is 65.0 Å². The summed E-state index contributed by atoms with van der Waals surface area (Å²) in [5.41, 5.74) is 8.71. The van der Waals surface area contributed by atoms with Gasteiger partial charge in [-0.3, -0.25) is 0 Å². The van der Waals surface area contributed by atoms with Gasteiger partial charge in [-0.15, -0.1) is 0 Å². The fraction of sp³-hybridized carbons (Fsp3) is 0.133. The molecule has 0 aromatic heterocycles. The van der Waals surface area contributed by atoms with Crippen LogP contribution in [0.4, 0.5) is 10.1 Å². The maximum atomic E-state index is 13.3. The number of halogens is 1. The smallest absolute Gasteiger partial charge is 0.170 e. The topological polar surface area (TPSA) is 70.6 Å². The molecule has 0 unspecified atom stereocenters. The number of amidine groups is 1. The zero-order valence-corrected chi connectivity index (χ0v) is 11.1. The van der Waals surface area contributed by atoms with Gasteiger partial charge in [-0.05, 0) is 42.3 Å². The molecule has 0 spiro atoms. The Kier molecular flexibility index (Phi) is 4.20. The first-order chi connectivity index (χ1) is 9.58. The molecule has 2 aromatic rings. The molecule has 0 fully saturated rings. The van der Waals surface area contributed by atoms with E-state index < -0.39 is 0 Å². The maximum Gasteiger partial charge on any atom is 0.170 e. The highest BCUT2D eigenvalue weighted by atomic mass is 19.1. The highest BCUT2D eigenvalue weighted by Gasteiger charge is 2.02. The predicted molar refractivity (Wildman–Crippen MR) is 77.4 cm³/mol. The number of hydrogen-bond acceptors (Lipinski definition) is 3. The van der Waals surface area contributed by atoms with E-state index in [1.165, 1.54) is 12.1 Å². The summed E-state index contributed by atoms with van der Waals surface area (Å²) in [5, 5.41) is 14.8. The van der Waals surface area contributed by atoms with Crippen molar-refractivity contribution in [1.82, 2.24) is 0 Å². The molecule has 0 aliphatic carbocycles. The van der Waals surface area contributed by atoms with Crippen molar-refractivity contribution in [2.24, 2.45) is 10.9 Å². The van der Waals surface area contributed by atoms with Crippen LogP contribution < -0.4 is 11.1 Å². The molecule has 4 N–H and O–H groups in total. The van der Waals surface area contributed by atoms with Crippen LogP contribution in [0.5, 0.6) is 0 Å². The third kappa shape index (κ3) is 3.47. The van der Waals surface area contributed by atoms with Crippen LogP contribution in [0.2, 0.25) is 0 Å². The van der Waals surface area contributed by atoms with Crippen molar-refractivity contribution in [3.63, 3.8) is 0 Å². The molecule has 0 aliphatic rings. The van der Waals surface area contributed by atoms with Gasteiger partial charge in [0.05, 0.1) is 0 Å². The second-order valence-electron chi connectivity index (χ2n) is 4.56. The normalized spacial score (nSPS) is 11.4. The van der Waals surface area contributed by atoms with Crippen molar-refractivity contribution in [3.8, 4) is 0 Å². The summed E-state index contributed by atoms with van der Waals surface area (Å²) in [7, 11) is 0. The van der Waals surface area contributed by atoms with Crippen LogP contribution in [0.1, 0.15) is 16.7 Å². The Morgan fingerprint density at radius 1 is 1.30 bits per heavy atom. The van der Waals surface area contributed by atoms with Crippen molar-refractivity contribution in [2.45, 2.75) is 13.5 Å². The van der Waals surface area contributed by atoms with Gasteiger partial charge in [0, 0.05) is 17.8 Å². The van der Waals surface area contributed by atoms with Crippen LogP contribution >= 0.6 is 0 Å². The molecule has 2 rings (SSSR count). The Hall–Kier alpha value is -2.56. The van der Waals surface area contributed by atoms with Crippen molar-refractivity contribution in [2.75, 3.05) is 5.32 Å². The van der Waals surface area contributed by atoms with Crippen molar-refractivity contribution < 1.29 is 9.60 Å². The van der Waals surface area contributed by atoms with Crippen LogP contribution in [0.3, 0.4) is 0 Å². The van der Waals surface area contributed by atoms with Crippen LogP contribution in [0.25, 0.3) is 0 Å². The summed E-state index contributed by atoms with van der Waals surface area (Å²) >= 11 is 0. The van der Waals surface area contributed by atoms with Gasteiger partial charge in [0.2, 0.25) is 0 Å². The Morgan fingerprint density at radius 2 is 2.10 bits per heavy atom. The first-order valence-corrected chi connectivity index (χ1v) is 6.16. The standard InChI is InChI=1S/C15H16FN3O/c1-10-5-13(16)8-14(6-10)18-9-11-3-2-4-12(7-11)15(17)19-20/h2-8,18,20H,9H2,1H3,(H2,17,19). The zero-order chi connectivity index (χ0) is 14.5. The number of nitrogens with two attached hydrogens (primary N) is 1. The molecule has 0 saturated heterocycles. The number of oxime groups is 1. The van der Waals surface area contributed by atoms with Crippen LogP contribution in [-0.2, 0) is 6.54 Å². The number of benzene rings is 2. The molecule has 0 atom stereocenters. The van der Waals surface area contributed by atoms with Gasteiger partial charge in [0.25, 0.3) is 0 Å². The SMILES string of the molecule is Cc1cc(F)cc(NCc2cccc(C(N)=NO)c2)c1. The molecule has 0 radical (unpaired) electrons. The Labute approximate surface area is 116 Å². The molecule has 0 bridgehead atoms. The first kappa shape index (κ1) is 13.9. The van der Waals surface area contributed by atoms with E-state index in [0.717, 1.165) is 16.8 Å². The summed E-state index contributed by atoms with van der Waals surface area (Å²) in [5.74, 6) is -0.202. The minimum absolute atomic E-state index is 0.0634. The average Bonchev–Trinajstić information content (AvgIpc) is 2.43. The minimum atomic E-state index is -0.266. The third-order valence-electron chi connectivity index (χ3n) is 2.87.